The quantitative estimate of drug-likeness (QED) is 0.205. The number of hydrogen-bond acceptors (Lipinski definition) is 9. The van der Waals surface area contributed by atoms with Gasteiger partial charge in [-0.1, -0.05) is 25.3 Å². The standard InChI is InChI=1S/C30H37N5O2S2/c1-38-29-25(20-31)27(21-7-3-2-4-8-21)28(39-29)26-11-14-32-30(34-26)33-22-9-5-10-24(19-22)37-18-6-15-35-16-12-23(36)13-17-35/h5,9-11,14,19,21,23,36H,2-4,6-8,12-13,15-18H2,1H3,(H,32,33,34). The average Bonchev–Trinajstić information content (AvgIpc) is 3.36. The molecule has 0 bridgehead atoms. The minimum Gasteiger partial charge on any atom is -0.493 e. The number of nitrogens with one attached hydrogen (secondary N) is 1. The van der Waals surface area contributed by atoms with Crippen molar-refractivity contribution < 1.29 is 9.84 Å². The van der Waals surface area contributed by atoms with E-state index in [-0.39, 0.29) is 6.10 Å². The van der Waals surface area contributed by atoms with E-state index in [9.17, 15) is 10.4 Å². The number of likely N-dealkylation sites (tertiary alicyclic amines) is 1. The molecule has 1 saturated carbocycles. The zero-order chi connectivity index (χ0) is 27.0. The number of nitriles is 1. The third kappa shape index (κ3) is 7.12. The number of anilines is 2. The number of benzene rings is 1. The summed E-state index contributed by atoms with van der Waals surface area (Å²) in [5, 5.41) is 23.0. The minimum absolute atomic E-state index is 0.135. The number of aliphatic hydroxyl groups is 1. The van der Waals surface area contributed by atoms with E-state index >= 15 is 0 Å². The summed E-state index contributed by atoms with van der Waals surface area (Å²) in [5.74, 6) is 1.76. The van der Waals surface area contributed by atoms with Crippen LogP contribution < -0.4 is 10.1 Å². The van der Waals surface area contributed by atoms with Crippen LogP contribution in [-0.4, -0.2) is 58.6 Å². The summed E-state index contributed by atoms with van der Waals surface area (Å²) < 4.78 is 7.10. The first-order chi connectivity index (χ1) is 19.1. The first kappa shape index (κ1) is 27.9. The number of thioether (sulfide) groups is 1. The molecule has 2 aliphatic rings. The number of rotatable bonds is 10. The Labute approximate surface area is 239 Å². The van der Waals surface area contributed by atoms with Gasteiger partial charge in [0.15, 0.2) is 0 Å². The summed E-state index contributed by atoms with van der Waals surface area (Å²) in [7, 11) is 0. The Hall–Kier alpha value is -2.64. The Kier molecular flexibility index (Phi) is 9.75. The SMILES string of the molecule is CSc1sc(-c2ccnc(Nc3cccc(OCCCN4CCC(O)CC4)c3)n2)c(C2CCCCC2)c1C#N. The van der Waals surface area contributed by atoms with Crippen LogP contribution in [0.2, 0.25) is 0 Å². The third-order valence-electron chi connectivity index (χ3n) is 7.65. The van der Waals surface area contributed by atoms with Crippen LogP contribution in [0.3, 0.4) is 0 Å². The van der Waals surface area contributed by atoms with E-state index < -0.39 is 0 Å². The van der Waals surface area contributed by atoms with Gasteiger partial charge in [0.05, 0.1) is 33.1 Å². The lowest BCUT2D eigenvalue weighted by Crippen LogP contribution is -2.36. The molecule has 3 aromatic rings. The van der Waals surface area contributed by atoms with Gasteiger partial charge in [-0.05, 0) is 68.0 Å². The van der Waals surface area contributed by atoms with E-state index in [1.54, 1.807) is 29.3 Å². The van der Waals surface area contributed by atoms with Gasteiger partial charge in [-0.15, -0.1) is 23.1 Å². The maximum atomic E-state index is 10.0. The second kappa shape index (κ2) is 13.6. The second-order valence-electron chi connectivity index (χ2n) is 10.4. The van der Waals surface area contributed by atoms with Gasteiger partial charge in [-0.25, -0.2) is 9.97 Å². The van der Waals surface area contributed by atoms with Crippen molar-refractivity contribution in [2.45, 2.75) is 67.6 Å². The molecular formula is C30H37N5O2S2. The zero-order valence-electron chi connectivity index (χ0n) is 22.6. The number of aromatic nitrogens is 2. The van der Waals surface area contributed by atoms with Crippen molar-refractivity contribution >= 4 is 34.7 Å². The fourth-order valence-corrected chi connectivity index (χ4v) is 7.59. The normalized spacial score (nSPS) is 17.2. The maximum Gasteiger partial charge on any atom is 0.227 e. The first-order valence-corrected chi connectivity index (χ1v) is 16.0. The largest absolute Gasteiger partial charge is 0.493 e. The van der Waals surface area contributed by atoms with E-state index in [1.807, 2.05) is 36.6 Å². The number of ether oxygens (including phenoxy) is 1. The van der Waals surface area contributed by atoms with Crippen molar-refractivity contribution in [2.24, 2.45) is 0 Å². The van der Waals surface area contributed by atoms with Crippen LogP contribution in [0, 0.1) is 11.3 Å². The molecule has 0 amide bonds. The van der Waals surface area contributed by atoms with Crippen molar-refractivity contribution in [3.63, 3.8) is 0 Å². The molecule has 0 spiro atoms. The summed E-state index contributed by atoms with van der Waals surface area (Å²) in [6, 6.07) is 12.4. The van der Waals surface area contributed by atoms with Gasteiger partial charge >= 0.3 is 0 Å². The van der Waals surface area contributed by atoms with Gasteiger partial charge in [0.1, 0.15) is 11.8 Å². The van der Waals surface area contributed by atoms with Crippen LogP contribution >= 0.6 is 23.1 Å². The number of thiophene rings is 1. The smallest absolute Gasteiger partial charge is 0.227 e. The van der Waals surface area contributed by atoms with Gasteiger partial charge in [0, 0.05) is 37.6 Å². The molecule has 39 heavy (non-hydrogen) atoms. The van der Waals surface area contributed by atoms with Gasteiger partial charge in [-0.2, -0.15) is 5.26 Å². The Morgan fingerprint density at radius 1 is 1.18 bits per heavy atom. The van der Waals surface area contributed by atoms with Crippen molar-refractivity contribution in [1.82, 2.24) is 14.9 Å². The predicted octanol–water partition coefficient (Wildman–Crippen LogP) is 6.82. The van der Waals surface area contributed by atoms with Crippen molar-refractivity contribution in [3.8, 4) is 22.4 Å². The highest BCUT2D eigenvalue weighted by atomic mass is 32.2. The summed E-state index contributed by atoms with van der Waals surface area (Å²) in [6.07, 6.45) is 12.4. The summed E-state index contributed by atoms with van der Waals surface area (Å²) in [4.78, 5) is 12.9. The molecule has 3 heterocycles. The van der Waals surface area contributed by atoms with Crippen LogP contribution in [-0.2, 0) is 0 Å². The molecule has 1 aromatic carbocycles. The van der Waals surface area contributed by atoms with E-state index in [2.05, 4.69) is 21.3 Å². The minimum atomic E-state index is -0.135. The molecule has 2 N–H and O–H groups in total. The molecule has 0 unspecified atom stereocenters. The number of piperidine rings is 1. The molecule has 1 aliphatic heterocycles. The Morgan fingerprint density at radius 2 is 2.00 bits per heavy atom. The highest BCUT2D eigenvalue weighted by Gasteiger charge is 2.28. The number of nitrogens with zero attached hydrogens (tertiary/aromatic N) is 4. The molecular weight excluding hydrogens is 526 g/mol. The number of hydrogen-bond donors (Lipinski definition) is 2. The van der Waals surface area contributed by atoms with Gasteiger partial charge in [-0.3, -0.25) is 0 Å². The second-order valence-corrected chi connectivity index (χ2v) is 12.4. The Bertz CT molecular complexity index is 1280. The fourth-order valence-electron chi connectivity index (χ4n) is 5.60. The van der Waals surface area contributed by atoms with Gasteiger partial charge in [0.2, 0.25) is 5.95 Å². The molecule has 0 radical (unpaired) electrons. The van der Waals surface area contributed by atoms with Crippen LogP contribution in [0.5, 0.6) is 5.75 Å². The predicted molar refractivity (Wildman–Crippen MR) is 159 cm³/mol. The summed E-state index contributed by atoms with van der Waals surface area (Å²) in [5.41, 5.74) is 3.76. The van der Waals surface area contributed by atoms with E-state index in [0.717, 1.165) is 83.5 Å². The highest BCUT2D eigenvalue weighted by molar-refractivity contribution is 8.00. The zero-order valence-corrected chi connectivity index (χ0v) is 24.2. The molecule has 206 valence electrons. The first-order valence-electron chi connectivity index (χ1n) is 14.0. The molecule has 9 heteroatoms. The molecule has 7 nitrogen and oxygen atoms in total. The highest BCUT2D eigenvalue weighted by Crippen LogP contribution is 2.47. The van der Waals surface area contributed by atoms with Crippen molar-refractivity contribution in [1.29, 1.82) is 5.26 Å². The molecule has 2 aromatic heterocycles. The van der Waals surface area contributed by atoms with Gasteiger partial charge in [0.25, 0.3) is 0 Å². The molecule has 1 aliphatic carbocycles. The lowest BCUT2D eigenvalue weighted by molar-refractivity contribution is 0.0800. The summed E-state index contributed by atoms with van der Waals surface area (Å²) >= 11 is 3.33. The lowest BCUT2D eigenvalue weighted by atomic mass is 9.82. The van der Waals surface area contributed by atoms with E-state index in [1.165, 1.54) is 24.8 Å². The topological polar surface area (TPSA) is 94.3 Å². The van der Waals surface area contributed by atoms with E-state index in [4.69, 9.17) is 9.72 Å². The number of aliphatic hydroxyl groups excluding tert-OH is 1. The maximum absolute atomic E-state index is 10.0. The van der Waals surface area contributed by atoms with Gasteiger partial charge < -0.3 is 20.1 Å². The fraction of sp³-hybridized carbons (Fsp3) is 0.500. The van der Waals surface area contributed by atoms with Crippen molar-refractivity contribution in [3.05, 3.63) is 47.7 Å². The van der Waals surface area contributed by atoms with Crippen LogP contribution in [0.15, 0.2) is 40.7 Å². The molecule has 5 rings (SSSR count). The molecule has 1 saturated heterocycles. The van der Waals surface area contributed by atoms with E-state index in [0.29, 0.717) is 18.5 Å². The monoisotopic (exact) mass is 563 g/mol. The van der Waals surface area contributed by atoms with Crippen LogP contribution in [0.1, 0.15) is 68.4 Å². The van der Waals surface area contributed by atoms with Crippen molar-refractivity contribution in [2.75, 3.05) is 37.8 Å². The molecule has 2 fully saturated rings. The van der Waals surface area contributed by atoms with Crippen LogP contribution in [0.4, 0.5) is 11.6 Å². The molecule has 0 atom stereocenters. The van der Waals surface area contributed by atoms with Crippen LogP contribution in [0.25, 0.3) is 10.6 Å². The Morgan fingerprint density at radius 3 is 2.77 bits per heavy atom. The average molecular weight is 564 g/mol. The lowest BCUT2D eigenvalue weighted by Gasteiger charge is -2.29. The third-order valence-corrected chi connectivity index (χ3v) is 9.99. The summed E-state index contributed by atoms with van der Waals surface area (Å²) in [6.45, 7) is 3.56. The Balaban J connectivity index is 1.26.